The highest BCUT2D eigenvalue weighted by Gasteiger charge is 2.12. The number of rotatable bonds is 4. The van der Waals surface area contributed by atoms with Gasteiger partial charge in [0.1, 0.15) is 10.7 Å². The van der Waals surface area contributed by atoms with Gasteiger partial charge >= 0.3 is 0 Å². The second-order valence-corrected chi connectivity index (χ2v) is 5.72. The lowest BCUT2D eigenvalue weighted by Crippen LogP contribution is -2.12. The number of Topliss-reactive ketones (excluding diaryl/α,β-unsaturated/α-hetero) is 1. The smallest absolute Gasteiger partial charge is 0.275 e. The first-order valence-electron chi connectivity index (χ1n) is 6.92. The number of nitrogens with one attached hydrogen (secondary N) is 1. The highest BCUT2D eigenvalue weighted by Crippen LogP contribution is 2.23. The molecule has 0 radical (unpaired) electrons. The van der Waals surface area contributed by atoms with Crippen molar-refractivity contribution in [2.24, 2.45) is 0 Å². The number of amides is 1. The van der Waals surface area contributed by atoms with Crippen LogP contribution in [-0.4, -0.2) is 21.7 Å². The molecule has 2 aromatic heterocycles. The molecule has 0 bridgehead atoms. The Morgan fingerprint density at radius 3 is 2.65 bits per heavy atom. The van der Waals surface area contributed by atoms with E-state index in [1.807, 2.05) is 12.1 Å². The fourth-order valence-corrected chi connectivity index (χ4v) is 2.82. The van der Waals surface area contributed by atoms with Gasteiger partial charge in [-0.05, 0) is 31.2 Å². The summed E-state index contributed by atoms with van der Waals surface area (Å²) in [5, 5.41) is 5.23. The van der Waals surface area contributed by atoms with Gasteiger partial charge in [0.05, 0.1) is 0 Å². The van der Waals surface area contributed by atoms with Gasteiger partial charge in [0.25, 0.3) is 5.91 Å². The molecule has 0 atom stereocenters. The summed E-state index contributed by atoms with van der Waals surface area (Å²) in [5.41, 5.74) is 2.39. The van der Waals surface area contributed by atoms with E-state index in [4.69, 9.17) is 0 Å². The number of carbonyl (C=O) groups is 2. The van der Waals surface area contributed by atoms with Gasteiger partial charge in [-0.1, -0.05) is 12.1 Å². The molecular formula is C17H13N3O2S. The minimum atomic E-state index is -0.303. The minimum Gasteiger partial charge on any atom is -0.321 e. The number of thiazole rings is 1. The lowest BCUT2D eigenvalue weighted by atomic mass is 10.1. The van der Waals surface area contributed by atoms with Crippen molar-refractivity contribution in [1.29, 1.82) is 0 Å². The highest BCUT2D eigenvalue weighted by molar-refractivity contribution is 7.13. The number of hydrogen-bond acceptors (Lipinski definition) is 5. The minimum absolute atomic E-state index is 0.0465. The van der Waals surface area contributed by atoms with Gasteiger partial charge in [-0.3, -0.25) is 14.6 Å². The molecule has 1 aromatic carbocycles. The molecule has 23 heavy (non-hydrogen) atoms. The maximum atomic E-state index is 12.3. The summed E-state index contributed by atoms with van der Waals surface area (Å²) in [7, 11) is 0. The highest BCUT2D eigenvalue weighted by atomic mass is 32.1. The number of aromatic nitrogens is 2. The zero-order valence-electron chi connectivity index (χ0n) is 12.3. The van der Waals surface area contributed by atoms with E-state index < -0.39 is 0 Å². The van der Waals surface area contributed by atoms with E-state index in [1.165, 1.54) is 18.3 Å². The predicted molar refractivity (Wildman–Crippen MR) is 89.7 cm³/mol. The van der Waals surface area contributed by atoms with Crippen LogP contribution < -0.4 is 5.32 Å². The molecule has 1 N–H and O–H groups in total. The van der Waals surface area contributed by atoms with Crippen LogP contribution in [0.3, 0.4) is 0 Å². The molecule has 0 aliphatic heterocycles. The lowest BCUT2D eigenvalue weighted by Gasteiger charge is -2.04. The van der Waals surface area contributed by atoms with Crippen LogP contribution in [0.5, 0.6) is 0 Å². The Hall–Kier alpha value is -2.86. The van der Waals surface area contributed by atoms with Gasteiger partial charge in [0, 0.05) is 34.6 Å². The largest absolute Gasteiger partial charge is 0.321 e. The van der Waals surface area contributed by atoms with Gasteiger partial charge < -0.3 is 5.32 Å². The first kappa shape index (κ1) is 15.1. The number of nitrogens with zero attached hydrogens (tertiary/aromatic N) is 2. The monoisotopic (exact) mass is 323 g/mol. The van der Waals surface area contributed by atoms with Gasteiger partial charge in [-0.2, -0.15) is 0 Å². The predicted octanol–water partition coefficient (Wildman–Crippen LogP) is 3.66. The molecule has 0 saturated heterocycles. The van der Waals surface area contributed by atoms with E-state index in [1.54, 1.807) is 42.0 Å². The van der Waals surface area contributed by atoms with Crippen LogP contribution in [0.1, 0.15) is 27.8 Å². The molecule has 0 aliphatic rings. The Balaban J connectivity index is 1.78. The molecule has 1 amide bonds. The molecule has 3 rings (SSSR count). The second-order valence-electron chi connectivity index (χ2n) is 4.86. The molecule has 114 valence electrons. The van der Waals surface area contributed by atoms with Gasteiger partial charge in [-0.15, -0.1) is 11.3 Å². The van der Waals surface area contributed by atoms with E-state index in [0.717, 1.165) is 10.6 Å². The molecule has 5 nitrogen and oxygen atoms in total. The Morgan fingerprint density at radius 1 is 1.13 bits per heavy atom. The van der Waals surface area contributed by atoms with Crippen LogP contribution in [0, 0.1) is 0 Å². The maximum absolute atomic E-state index is 12.3. The maximum Gasteiger partial charge on any atom is 0.275 e. The summed E-state index contributed by atoms with van der Waals surface area (Å²) in [6.07, 6.45) is 3.37. The van der Waals surface area contributed by atoms with Crippen molar-refractivity contribution in [3.8, 4) is 10.6 Å². The average Bonchev–Trinajstić information content (AvgIpc) is 3.06. The molecular weight excluding hydrogens is 310 g/mol. The Kier molecular flexibility index (Phi) is 4.25. The van der Waals surface area contributed by atoms with Crippen LogP contribution >= 0.6 is 11.3 Å². The molecule has 0 fully saturated rings. The molecule has 2 heterocycles. The molecule has 0 unspecified atom stereocenters. The standard InChI is InChI=1S/C17H13N3O2S/c1-11(21)13-3-2-4-14(9-13)19-16(22)15-10-23-17(20-15)12-5-7-18-8-6-12/h2-10H,1H3,(H,19,22). The SMILES string of the molecule is CC(=O)c1cccc(NC(=O)c2csc(-c3ccncc3)n2)c1. The van der Waals surface area contributed by atoms with Gasteiger partial charge in [0.15, 0.2) is 5.78 Å². The quantitative estimate of drug-likeness (QED) is 0.744. The summed E-state index contributed by atoms with van der Waals surface area (Å²) in [4.78, 5) is 32.0. The van der Waals surface area contributed by atoms with E-state index in [9.17, 15) is 9.59 Å². The molecule has 0 spiro atoms. The van der Waals surface area contributed by atoms with Crippen molar-refractivity contribution in [3.63, 3.8) is 0 Å². The fourth-order valence-electron chi connectivity index (χ4n) is 2.02. The average molecular weight is 323 g/mol. The van der Waals surface area contributed by atoms with Gasteiger partial charge in [0.2, 0.25) is 0 Å². The normalized spacial score (nSPS) is 10.3. The number of pyridine rings is 1. The zero-order chi connectivity index (χ0) is 16.2. The van der Waals surface area contributed by atoms with Crippen LogP contribution in [0.4, 0.5) is 5.69 Å². The first-order chi connectivity index (χ1) is 11.1. The molecule has 0 saturated carbocycles. The summed E-state index contributed by atoms with van der Waals surface area (Å²) >= 11 is 1.40. The Bertz CT molecular complexity index is 859. The second kappa shape index (κ2) is 6.50. The van der Waals surface area contributed by atoms with E-state index in [-0.39, 0.29) is 11.7 Å². The van der Waals surface area contributed by atoms with Crippen molar-refractivity contribution in [1.82, 2.24) is 9.97 Å². The van der Waals surface area contributed by atoms with Gasteiger partial charge in [-0.25, -0.2) is 4.98 Å². The fraction of sp³-hybridized carbons (Fsp3) is 0.0588. The summed E-state index contributed by atoms with van der Waals surface area (Å²) < 4.78 is 0. The Morgan fingerprint density at radius 2 is 1.91 bits per heavy atom. The van der Waals surface area contributed by atoms with Crippen molar-refractivity contribution in [2.45, 2.75) is 6.92 Å². The van der Waals surface area contributed by atoms with E-state index >= 15 is 0 Å². The number of benzene rings is 1. The van der Waals surface area contributed by atoms with Crippen molar-refractivity contribution < 1.29 is 9.59 Å². The van der Waals surface area contributed by atoms with Crippen LogP contribution in [0.15, 0.2) is 54.2 Å². The lowest BCUT2D eigenvalue weighted by molar-refractivity contribution is 0.100. The number of hydrogen-bond donors (Lipinski definition) is 1. The van der Waals surface area contributed by atoms with E-state index in [2.05, 4.69) is 15.3 Å². The van der Waals surface area contributed by atoms with Crippen LogP contribution in [0.25, 0.3) is 10.6 Å². The van der Waals surface area contributed by atoms with Crippen LogP contribution in [-0.2, 0) is 0 Å². The molecule has 3 aromatic rings. The molecule has 6 heteroatoms. The molecule has 0 aliphatic carbocycles. The van der Waals surface area contributed by atoms with Crippen LogP contribution in [0.2, 0.25) is 0 Å². The third-order valence-electron chi connectivity index (χ3n) is 3.19. The van der Waals surface area contributed by atoms with Crippen molar-refractivity contribution >= 4 is 28.7 Å². The topological polar surface area (TPSA) is 72.0 Å². The Labute approximate surface area is 137 Å². The van der Waals surface area contributed by atoms with Crippen molar-refractivity contribution in [2.75, 3.05) is 5.32 Å². The summed E-state index contributed by atoms with van der Waals surface area (Å²) in [5.74, 6) is -0.350. The number of anilines is 1. The first-order valence-corrected chi connectivity index (χ1v) is 7.80. The van der Waals surface area contributed by atoms with E-state index in [0.29, 0.717) is 16.9 Å². The number of ketones is 1. The third kappa shape index (κ3) is 3.49. The summed E-state index contributed by atoms with van der Waals surface area (Å²) in [6, 6.07) is 10.5. The summed E-state index contributed by atoms with van der Waals surface area (Å²) in [6.45, 7) is 1.49. The number of carbonyl (C=O) groups excluding carboxylic acids is 2. The van der Waals surface area contributed by atoms with Crippen molar-refractivity contribution in [3.05, 3.63) is 65.4 Å². The third-order valence-corrected chi connectivity index (χ3v) is 4.08. The zero-order valence-corrected chi connectivity index (χ0v) is 13.1.